The van der Waals surface area contributed by atoms with E-state index in [0.29, 0.717) is 24.1 Å². The molecule has 2 aromatic heterocycles. The van der Waals surface area contributed by atoms with E-state index in [1.807, 2.05) is 24.6 Å². The summed E-state index contributed by atoms with van der Waals surface area (Å²) in [5.74, 6) is 1.82. The van der Waals surface area contributed by atoms with Crippen LogP contribution in [0.3, 0.4) is 0 Å². The Morgan fingerprint density at radius 3 is 2.54 bits per heavy atom. The Bertz CT molecular complexity index is 1090. The zero-order valence-corrected chi connectivity index (χ0v) is 16.6. The fourth-order valence-electron chi connectivity index (χ4n) is 2.78. The molecular formula is C19H22N6O2S. The average Bonchev–Trinajstić information content (AvgIpc) is 3.46. The Morgan fingerprint density at radius 2 is 1.89 bits per heavy atom. The largest absolute Gasteiger partial charge is 0.330 e. The van der Waals surface area contributed by atoms with Gasteiger partial charge in [-0.2, -0.15) is 0 Å². The standard InChI is InChI=1S/C19H22N6O2S/c1-13-21-12-18(25(13)2)17-9-10-20-19(24-17)23-15-5-7-16(8-6-15)28(26,27)22-11-14-3-4-14/h5-10,12,14,22H,3-4,11H2,1-2H3,(H,20,23,24). The van der Waals surface area contributed by atoms with Gasteiger partial charge in [-0.1, -0.05) is 0 Å². The SMILES string of the molecule is Cc1ncc(-c2ccnc(Nc3ccc(S(=O)(=O)NCC4CC4)cc3)n2)n1C. The molecule has 2 N–H and O–H groups in total. The number of nitrogens with zero attached hydrogens (tertiary/aromatic N) is 4. The monoisotopic (exact) mass is 398 g/mol. The molecule has 1 aromatic carbocycles. The van der Waals surface area contributed by atoms with Gasteiger partial charge in [-0.15, -0.1) is 0 Å². The molecule has 0 spiro atoms. The highest BCUT2D eigenvalue weighted by molar-refractivity contribution is 7.89. The van der Waals surface area contributed by atoms with Crippen LogP contribution in [0.15, 0.2) is 47.6 Å². The molecule has 0 radical (unpaired) electrons. The van der Waals surface area contributed by atoms with Crippen molar-refractivity contribution in [2.45, 2.75) is 24.7 Å². The van der Waals surface area contributed by atoms with E-state index in [-0.39, 0.29) is 4.90 Å². The third kappa shape index (κ3) is 4.05. The topological polar surface area (TPSA) is 102 Å². The normalized spacial score (nSPS) is 14.2. The molecule has 146 valence electrons. The van der Waals surface area contributed by atoms with Crippen molar-refractivity contribution in [1.29, 1.82) is 0 Å². The molecule has 0 atom stereocenters. The van der Waals surface area contributed by atoms with Gasteiger partial charge in [0, 0.05) is 25.5 Å². The minimum absolute atomic E-state index is 0.249. The first-order chi connectivity index (χ1) is 13.4. The second-order valence-corrected chi connectivity index (χ2v) is 8.73. The number of hydrogen-bond donors (Lipinski definition) is 2. The molecule has 0 amide bonds. The molecule has 0 unspecified atom stereocenters. The van der Waals surface area contributed by atoms with E-state index < -0.39 is 10.0 Å². The third-order valence-electron chi connectivity index (χ3n) is 4.82. The second-order valence-electron chi connectivity index (χ2n) is 6.96. The molecule has 3 aromatic rings. The lowest BCUT2D eigenvalue weighted by Crippen LogP contribution is -2.25. The molecule has 8 nitrogen and oxygen atoms in total. The van der Waals surface area contributed by atoms with E-state index in [1.54, 1.807) is 36.7 Å². The first kappa shape index (κ1) is 18.6. The maximum absolute atomic E-state index is 12.3. The number of imidazole rings is 1. The Balaban J connectivity index is 1.48. The van der Waals surface area contributed by atoms with E-state index in [9.17, 15) is 8.42 Å². The van der Waals surface area contributed by atoms with E-state index >= 15 is 0 Å². The molecule has 1 aliphatic rings. The van der Waals surface area contributed by atoms with Gasteiger partial charge in [0.2, 0.25) is 16.0 Å². The van der Waals surface area contributed by atoms with Gasteiger partial charge in [0.1, 0.15) is 5.82 Å². The molecule has 4 rings (SSSR count). The van der Waals surface area contributed by atoms with E-state index in [4.69, 9.17) is 0 Å². The number of aryl methyl sites for hydroxylation is 1. The highest BCUT2D eigenvalue weighted by Crippen LogP contribution is 2.28. The van der Waals surface area contributed by atoms with Crippen molar-refractivity contribution in [3.63, 3.8) is 0 Å². The molecule has 1 fully saturated rings. The summed E-state index contributed by atoms with van der Waals surface area (Å²) < 4.78 is 29.2. The van der Waals surface area contributed by atoms with Gasteiger partial charge in [0.15, 0.2) is 0 Å². The number of rotatable bonds is 7. The lowest BCUT2D eigenvalue weighted by Gasteiger charge is -2.09. The van der Waals surface area contributed by atoms with Gasteiger partial charge in [-0.25, -0.2) is 28.1 Å². The van der Waals surface area contributed by atoms with Crippen LogP contribution in [-0.2, 0) is 17.1 Å². The fraction of sp³-hybridized carbons (Fsp3) is 0.316. The van der Waals surface area contributed by atoms with Gasteiger partial charge in [0.25, 0.3) is 0 Å². The number of aromatic nitrogens is 4. The maximum Gasteiger partial charge on any atom is 0.240 e. The highest BCUT2D eigenvalue weighted by atomic mass is 32.2. The number of hydrogen-bond acceptors (Lipinski definition) is 6. The number of benzene rings is 1. The molecule has 28 heavy (non-hydrogen) atoms. The average molecular weight is 398 g/mol. The summed E-state index contributed by atoms with van der Waals surface area (Å²) in [5.41, 5.74) is 2.36. The van der Waals surface area contributed by atoms with E-state index in [0.717, 1.165) is 30.1 Å². The van der Waals surface area contributed by atoms with Crippen molar-refractivity contribution in [1.82, 2.24) is 24.2 Å². The molecule has 0 saturated heterocycles. The maximum atomic E-state index is 12.3. The van der Waals surface area contributed by atoms with Gasteiger partial charge < -0.3 is 9.88 Å². The van der Waals surface area contributed by atoms with Crippen LogP contribution in [-0.4, -0.2) is 34.5 Å². The number of sulfonamides is 1. The summed E-state index contributed by atoms with van der Waals surface area (Å²) in [5, 5.41) is 3.11. The van der Waals surface area contributed by atoms with Gasteiger partial charge in [0.05, 0.1) is 22.5 Å². The second kappa shape index (κ2) is 7.33. The van der Waals surface area contributed by atoms with Gasteiger partial charge in [-0.3, -0.25) is 0 Å². The molecular weight excluding hydrogens is 376 g/mol. The molecule has 2 heterocycles. The van der Waals surface area contributed by atoms with E-state index in [1.165, 1.54) is 0 Å². The fourth-order valence-corrected chi connectivity index (χ4v) is 3.90. The van der Waals surface area contributed by atoms with Crippen LogP contribution in [0, 0.1) is 12.8 Å². The minimum Gasteiger partial charge on any atom is -0.330 e. The highest BCUT2D eigenvalue weighted by Gasteiger charge is 2.24. The van der Waals surface area contributed by atoms with Crippen molar-refractivity contribution in [2.75, 3.05) is 11.9 Å². The predicted octanol–water partition coefficient (Wildman–Crippen LogP) is 2.62. The zero-order chi connectivity index (χ0) is 19.7. The van der Waals surface area contributed by atoms with Crippen LogP contribution < -0.4 is 10.0 Å². The van der Waals surface area contributed by atoms with Crippen LogP contribution >= 0.6 is 0 Å². The van der Waals surface area contributed by atoms with Crippen molar-refractivity contribution >= 4 is 21.7 Å². The summed E-state index contributed by atoms with van der Waals surface area (Å²) in [6, 6.07) is 8.38. The van der Waals surface area contributed by atoms with Crippen molar-refractivity contribution < 1.29 is 8.42 Å². The molecule has 1 aliphatic carbocycles. The van der Waals surface area contributed by atoms with Crippen LogP contribution in [0.25, 0.3) is 11.4 Å². The third-order valence-corrected chi connectivity index (χ3v) is 6.26. The first-order valence-corrected chi connectivity index (χ1v) is 10.6. The Morgan fingerprint density at radius 1 is 1.14 bits per heavy atom. The molecule has 1 saturated carbocycles. The van der Waals surface area contributed by atoms with Crippen molar-refractivity contribution in [3.8, 4) is 11.4 Å². The lowest BCUT2D eigenvalue weighted by molar-refractivity contribution is 0.577. The Hall–Kier alpha value is -2.78. The van der Waals surface area contributed by atoms with Gasteiger partial charge in [-0.05, 0) is 56.0 Å². The molecule has 0 aliphatic heterocycles. The van der Waals surface area contributed by atoms with Crippen LogP contribution in [0.2, 0.25) is 0 Å². The first-order valence-electron chi connectivity index (χ1n) is 9.11. The molecule has 9 heteroatoms. The summed E-state index contributed by atoms with van der Waals surface area (Å²) in [7, 11) is -1.54. The smallest absolute Gasteiger partial charge is 0.240 e. The lowest BCUT2D eigenvalue weighted by atomic mass is 10.3. The quantitative estimate of drug-likeness (QED) is 0.634. The minimum atomic E-state index is -3.47. The summed E-state index contributed by atoms with van der Waals surface area (Å²) >= 11 is 0. The summed E-state index contributed by atoms with van der Waals surface area (Å²) in [4.78, 5) is 13.3. The number of nitrogens with one attached hydrogen (secondary N) is 2. The van der Waals surface area contributed by atoms with Gasteiger partial charge >= 0.3 is 0 Å². The zero-order valence-electron chi connectivity index (χ0n) is 15.8. The van der Waals surface area contributed by atoms with Crippen LogP contribution in [0.5, 0.6) is 0 Å². The number of anilines is 2. The summed E-state index contributed by atoms with van der Waals surface area (Å²) in [6.45, 7) is 2.44. The van der Waals surface area contributed by atoms with Crippen molar-refractivity contribution in [2.24, 2.45) is 13.0 Å². The Kier molecular flexibility index (Phi) is 4.86. The van der Waals surface area contributed by atoms with Crippen molar-refractivity contribution in [3.05, 3.63) is 48.5 Å². The van der Waals surface area contributed by atoms with Crippen LogP contribution in [0.1, 0.15) is 18.7 Å². The van der Waals surface area contributed by atoms with Crippen LogP contribution in [0.4, 0.5) is 11.6 Å². The predicted molar refractivity (Wildman–Crippen MR) is 107 cm³/mol. The Labute approximate surface area is 164 Å². The molecule has 0 bridgehead atoms. The van der Waals surface area contributed by atoms with E-state index in [2.05, 4.69) is 25.0 Å². The summed E-state index contributed by atoms with van der Waals surface area (Å²) in [6.07, 6.45) is 5.65.